The molecule has 0 unspecified atom stereocenters. The van der Waals surface area contributed by atoms with Crippen LogP contribution in [-0.2, 0) is 6.54 Å². The summed E-state index contributed by atoms with van der Waals surface area (Å²) < 4.78 is 11.3. The van der Waals surface area contributed by atoms with Crippen LogP contribution in [0.4, 0.5) is 0 Å². The number of nitrogens with zero attached hydrogens (tertiary/aromatic N) is 1. The van der Waals surface area contributed by atoms with Crippen molar-refractivity contribution in [2.45, 2.75) is 25.8 Å². The van der Waals surface area contributed by atoms with E-state index in [4.69, 9.17) is 9.47 Å². The molecule has 1 heterocycles. The lowest BCUT2D eigenvalue weighted by Gasteiger charge is -2.26. The topological polar surface area (TPSA) is 33.7 Å². The molecule has 1 fully saturated rings. The normalized spacial score (nSPS) is 16.1. The highest BCUT2D eigenvalue weighted by Gasteiger charge is 2.10. The maximum absolute atomic E-state index is 5.88. The fourth-order valence-electron chi connectivity index (χ4n) is 2.61. The molecule has 0 bridgehead atoms. The van der Waals surface area contributed by atoms with Crippen molar-refractivity contribution in [3.8, 4) is 11.5 Å². The molecule has 0 radical (unpaired) electrons. The van der Waals surface area contributed by atoms with E-state index in [-0.39, 0.29) is 0 Å². The molecule has 0 saturated carbocycles. The third-order valence-electron chi connectivity index (χ3n) is 3.72. The minimum Gasteiger partial charge on any atom is -0.493 e. The van der Waals surface area contributed by atoms with Gasteiger partial charge in [-0.3, -0.25) is 4.90 Å². The van der Waals surface area contributed by atoms with Gasteiger partial charge in [0.05, 0.1) is 7.11 Å². The SMILES string of the molecule is CNCc1ccc(OCCN2CCCCC2)c(OC)c1. The molecular formula is C16H26N2O2. The zero-order valence-corrected chi connectivity index (χ0v) is 12.7. The molecule has 1 aliphatic heterocycles. The molecule has 0 aliphatic carbocycles. The third kappa shape index (κ3) is 4.39. The van der Waals surface area contributed by atoms with Crippen molar-refractivity contribution in [2.75, 3.05) is 40.4 Å². The van der Waals surface area contributed by atoms with Gasteiger partial charge in [-0.15, -0.1) is 0 Å². The first-order chi connectivity index (χ1) is 9.83. The largest absolute Gasteiger partial charge is 0.493 e. The van der Waals surface area contributed by atoms with Gasteiger partial charge >= 0.3 is 0 Å². The van der Waals surface area contributed by atoms with Crippen LogP contribution in [0.15, 0.2) is 18.2 Å². The van der Waals surface area contributed by atoms with E-state index >= 15 is 0 Å². The highest BCUT2D eigenvalue weighted by atomic mass is 16.5. The number of methoxy groups -OCH3 is 1. The molecule has 1 aromatic carbocycles. The number of ether oxygens (including phenoxy) is 2. The highest BCUT2D eigenvalue weighted by molar-refractivity contribution is 5.42. The summed E-state index contributed by atoms with van der Waals surface area (Å²) >= 11 is 0. The van der Waals surface area contributed by atoms with Gasteiger partial charge in [0.25, 0.3) is 0 Å². The molecule has 0 aromatic heterocycles. The van der Waals surface area contributed by atoms with E-state index < -0.39 is 0 Å². The van der Waals surface area contributed by atoms with Crippen molar-refractivity contribution in [3.05, 3.63) is 23.8 Å². The second kappa shape index (κ2) is 8.12. The van der Waals surface area contributed by atoms with Crippen molar-refractivity contribution in [1.82, 2.24) is 10.2 Å². The van der Waals surface area contributed by atoms with Gasteiger partial charge in [-0.05, 0) is 50.7 Å². The fraction of sp³-hybridized carbons (Fsp3) is 0.625. The summed E-state index contributed by atoms with van der Waals surface area (Å²) in [7, 11) is 3.63. The second-order valence-corrected chi connectivity index (χ2v) is 5.27. The molecule has 1 N–H and O–H groups in total. The van der Waals surface area contributed by atoms with Crippen LogP contribution in [-0.4, -0.2) is 45.3 Å². The molecule has 0 spiro atoms. The summed E-state index contributed by atoms with van der Waals surface area (Å²) in [6, 6.07) is 6.11. The minimum atomic E-state index is 0.724. The van der Waals surface area contributed by atoms with Crippen molar-refractivity contribution in [3.63, 3.8) is 0 Å². The van der Waals surface area contributed by atoms with E-state index in [0.717, 1.165) is 31.2 Å². The summed E-state index contributed by atoms with van der Waals surface area (Å²) in [5.41, 5.74) is 1.20. The summed E-state index contributed by atoms with van der Waals surface area (Å²) in [5, 5.41) is 3.14. The standard InChI is InChI=1S/C16H26N2O2/c1-17-13-14-6-7-15(16(12-14)19-2)20-11-10-18-8-4-3-5-9-18/h6-7,12,17H,3-5,8-11,13H2,1-2H3. The van der Waals surface area contributed by atoms with Crippen molar-refractivity contribution >= 4 is 0 Å². The quantitative estimate of drug-likeness (QED) is 0.829. The van der Waals surface area contributed by atoms with Gasteiger partial charge in [0.15, 0.2) is 11.5 Å². The monoisotopic (exact) mass is 278 g/mol. The van der Waals surface area contributed by atoms with Crippen LogP contribution in [0.1, 0.15) is 24.8 Å². The van der Waals surface area contributed by atoms with E-state index in [2.05, 4.69) is 16.3 Å². The molecule has 0 atom stereocenters. The Balaban J connectivity index is 1.84. The summed E-state index contributed by atoms with van der Waals surface area (Å²) in [4.78, 5) is 2.48. The Kier molecular flexibility index (Phi) is 6.15. The Hall–Kier alpha value is -1.26. The number of benzene rings is 1. The minimum absolute atomic E-state index is 0.724. The van der Waals surface area contributed by atoms with Crippen LogP contribution in [0, 0.1) is 0 Å². The molecular weight excluding hydrogens is 252 g/mol. The Morgan fingerprint density at radius 1 is 1.15 bits per heavy atom. The number of likely N-dealkylation sites (tertiary alicyclic amines) is 1. The lowest BCUT2D eigenvalue weighted by atomic mass is 10.1. The van der Waals surface area contributed by atoms with Gasteiger partial charge < -0.3 is 14.8 Å². The first-order valence-corrected chi connectivity index (χ1v) is 7.50. The predicted octanol–water partition coefficient (Wildman–Crippen LogP) is 2.28. The van der Waals surface area contributed by atoms with Gasteiger partial charge in [-0.2, -0.15) is 0 Å². The Morgan fingerprint density at radius 3 is 2.65 bits per heavy atom. The summed E-state index contributed by atoms with van der Waals surface area (Å²) in [6.45, 7) is 4.98. The zero-order valence-electron chi connectivity index (χ0n) is 12.7. The van der Waals surface area contributed by atoms with Crippen molar-refractivity contribution in [2.24, 2.45) is 0 Å². The average Bonchev–Trinajstić information content (AvgIpc) is 2.50. The Bertz CT molecular complexity index is 403. The van der Waals surface area contributed by atoms with Gasteiger partial charge in [0.2, 0.25) is 0 Å². The molecule has 4 heteroatoms. The maximum atomic E-state index is 5.88. The molecule has 4 nitrogen and oxygen atoms in total. The lowest BCUT2D eigenvalue weighted by molar-refractivity contribution is 0.180. The first kappa shape index (κ1) is 15.1. The van der Waals surface area contributed by atoms with Crippen molar-refractivity contribution in [1.29, 1.82) is 0 Å². The molecule has 0 amide bonds. The van der Waals surface area contributed by atoms with Crippen LogP contribution in [0.3, 0.4) is 0 Å². The van der Waals surface area contributed by atoms with E-state index in [0.29, 0.717) is 0 Å². The smallest absolute Gasteiger partial charge is 0.161 e. The predicted molar refractivity (Wildman–Crippen MR) is 81.5 cm³/mol. The Labute approximate surface area is 122 Å². The molecule has 2 rings (SSSR count). The number of rotatable bonds is 7. The lowest BCUT2D eigenvalue weighted by Crippen LogP contribution is -2.33. The molecule has 112 valence electrons. The van der Waals surface area contributed by atoms with Crippen LogP contribution >= 0.6 is 0 Å². The van der Waals surface area contributed by atoms with Crippen LogP contribution in [0.25, 0.3) is 0 Å². The zero-order chi connectivity index (χ0) is 14.2. The second-order valence-electron chi connectivity index (χ2n) is 5.27. The molecule has 1 aromatic rings. The van der Waals surface area contributed by atoms with E-state index in [9.17, 15) is 0 Å². The molecule has 1 saturated heterocycles. The number of hydrogen-bond donors (Lipinski definition) is 1. The van der Waals surface area contributed by atoms with E-state index in [1.807, 2.05) is 19.2 Å². The maximum Gasteiger partial charge on any atom is 0.161 e. The highest BCUT2D eigenvalue weighted by Crippen LogP contribution is 2.28. The number of piperidine rings is 1. The van der Waals surface area contributed by atoms with Crippen LogP contribution in [0.5, 0.6) is 11.5 Å². The van der Waals surface area contributed by atoms with Gasteiger partial charge in [0, 0.05) is 13.1 Å². The number of nitrogens with one attached hydrogen (secondary N) is 1. The van der Waals surface area contributed by atoms with Gasteiger partial charge in [-0.25, -0.2) is 0 Å². The summed E-state index contributed by atoms with van der Waals surface area (Å²) in [5.74, 6) is 1.65. The Morgan fingerprint density at radius 2 is 1.95 bits per heavy atom. The number of hydrogen-bond acceptors (Lipinski definition) is 4. The van der Waals surface area contributed by atoms with Gasteiger partial charge in [0.1, 0.15) is 6.61 Å². The first-order valence-electron chi connectivity index (χ1n) is 7.50. The van der Waals surface area contributed by atoms with E-state index in [1.165, 1.54) is 37.9 Å². The van der Waals surface area contributed by atoms with Crippen LogP contribution in [0.2, 0.25) is 0 Å². The van der Waals surface area contributed by atoms with Gasteiger partial charge in [-0.1, -0.05) is 12.5 Å². The van der Waals surface area contributed by atoms with Crippen LogP contribution < -0.4 is 14.8 Å². The summed E-state index contributed by atoms with van der Waals surface area (Å²) in [6.07, 6.45) is 4.02. The molecule has 1 aliphatic rings. The average molecular weight is 278 g/mol. The molecule has 20 heavy (non-hydrogen) atoms. The third-order valence-corrected chi connectivity index (χ3v) is 3.72. The van der Waals surface area contributed by atoms with E-state index in [1.54, 1.807) is 7.11 Å². The fourth-order valence-corrected chi connectivity index (χ4v) is 2.61. The van der Waals surface area contributed by atoms with Crippen molar-refractivity contribution < 1.29 is 9.47 Å².